The molecule has 0 radical (unpaired) electrons. The molecule has 2 rings (SSSR count). The first-order chi connectivity index (χ1) is 10.1. The van der Waals surface area contributed by atoms with Crippen molar-refractivity contribution in [2.45, 2.75) is 6.92 Å². The fourth-order valence-corrected chi connectivity index (χ4v) is 1.59. The number of carbonyl (C=O) groups is 2. The number of anilines is 1. The zero-order valence-electron chi connectivity index (χ0n) is 11.6. The zero-order valence-corrected chi connectivity index (χ0v) is 11.6. The normalized spacial score (nSPS) is 9.76. The standard InChI is InChI=1S/C17H15NO3/c1-12(2)17(20)21-15-10-8-13(9-11-15)16(19)18-14-6-4-3-5-7-14/h3-11H,1H2,2H3,(H,18,19). The number of esters is 1. The van der Waals surface area contributed by atoms with E-state index in [4.69, 9.17) is 4.74 Å². The molecule has 0 bridgehead atoms. The molecule has 0 fully saturated rings. The number of rotatable bonds is 4. The molecular weight excluding hydrogens is 266 g/mol. The number of carbonyl (C=O) groups excluding carboxylic acids is 2. The Morgan fingerprint density at radius 2 is 1.62 bits per heavy atom. The fourth-order valence-electron chi connectivity index (χ4n) is 1.59. The zero-order chi connectivity index (χ0) is 15.2. The van der Waals surface area contributed by atoms with Crippen LogP contribution in [-0.4, -0.2) is 11.9 Å². The monoisotopic (exact) mass is 281 g/mol. The highest BCUT2D eigenvalue weighted by Gasteiger charge is 2.08. The number of benzene rings is 2. The molecule has 4 nitrogen and oxygen atoms in total. The third kappa shape index (κ3) is 4.04. The number of para-hydroxylation sites is 1. The number of ether oxygens (including phenoxy) is 1. The summed E-state index contributed by atoms with van der Waals surface area (Å²) in [5.41, 5.74) is 1.52. The molecule has 0 aliphatic carbocycles. The Bertz CT molecular complexity index is 660. The van der Waals surface area contributed by atoms with E-state index in [1.165, 1.54) is 0 Å². The summed E-state index contributed by atoms with van der Waals surface area (Å²) in [6, 6.07) is 15.5. The van der Waals surface area contributed by atoms with Crippen LogP contribution < -0.4 is 10.1 Å². The first-order valence-corrected chi connectivity index (χ1v) is 6.40. The van der Waals surface area contributed by atoms with Gasteiger partial charge >= 0.3 is 5.97 Å². The van der Waals surface area contributed by atoms with Gasteiger partial charge in [0.25, 0.3) is 5.91 Å². The molecule has 0 unspecified atom stereocenters. The summed E-state index contributed by atoms with van der Waals surface area (Å²) >= 11 is 0. The van der Waals surface area contributed by atoms with Gasteiger partial charge in [-0.25, -0.2) is 4.79 Å². The number of hydrogen-bond acceptors (Lipinski definition) is 3. The van der Waals surface area contributed by atoms with Crippen LogP contribution in [0, 0.1) is 0 Å². The van der Waals surface area contributed by atoms with E-state index in [0.29, 0.717) is 16.9 Å². The molecule has 4 heteroatoms. The molecular formula is C17H15NO3. The van der Waals surface area contributed by atoms with Crippen LogP contribution in [0.5, 0.6) is 5.75 Å². The molecule has 106 valence electrons. The van der Waals surface area contributed by atoms with Crippen LogP contribution in [0.1, 0.15) is 17.3 Å². The van der Waals surface area contributed by atoms with E-state index in [9.17, 15) is 9.59 Å². The molecule has 0 saturated heterocycles. The highest BCUT2D eigenvalue weighted by Crippen LogP contribution is 2.15. The van der Waals surface area contributed by atoms with Crippen molar-refractivity contribution in [1.29, 1.82) is 0 Å². The second-order valence-corrected chi connectivity index (χ2v) is 4.51. The van der Waals surface area contributed by atoms with Crippen LogP contribution in [0.15, 0.2) is 66.7 Å². The molecule has 1 N–H and O–H groups in total. The SMILES string of the molecule is C=C(C)C(=O)Oc1ccc(C(=O)Nc2ccccc2)cc1. The van der Waals surface area contributed by atoms with Gasteiger partial charge in [-0.3, -0.25) is 4.79 Å². The quantitative estimate of drug-likeness (QED) is 0.530. The predicted molar refractivity (Wildman–Crippen MR) is 81.3 cm³/mol. The van der Waals surface area contributed by atoms with Gasteiger partial charge in [0.15, 0.2) is 0 Å². The van der Waals surface area contributed by atoms with Gasteiger partial charge in [0.05, 0.1) is 0 Å². The highest BCUT2D eigenvalue weighted by molar-refractivity contribution is 6.04. The van der Waals surface area contributed by atoms with Crippen molar-refractivity contribution in [2.75, 3.05) is 5.32 Å². The lowest BCUT2D eigenvalue weighted by Gasteiger charge is -2.06. The molecule has 0 heterocycles. The summed E-state index contributed by atoms with van der Waals surface area (Å²) in [7, 11) is 0. The van der Waals surface area contributed by atoms with E-state index in [2.05, 4.69) is 11.9 Å². The Morgan fingerprint density at radius 3 is 2.19 bits per heavy atom. The van der Waals surface area contributed by atoms with Crippen LogP contribution in [0.4, 0.5) is 5.69 Å². The van der Waals surface area contributed by atoms with Crippen molar-refractivity contribution in [3.63, 3.8) is 0 Å². The van der Waals surface area contributed by atoms with E-state index >= 15 is 0 Å². The van der Waals surface area contributed by atoms with Crippen LogP contribution in [-0.2, 0) is 4.79 Å². The minimum absolute atomic E-state index is 0.223. The van der Waals surface area contributed by atoms with Crippen LogP contribution >= 0.6 is 0 Å². The van der Waals surface area contributed by atoms with Crippen molar-refractivity contribution >= 4 is 17.6 Å². The minimum atomic E-state index is -0.489. The van der Waals surface area contributed by atoms with E-state index in [1.54, 1.807) is 43.3 Å². The Balaban J connectivity index is 2.03. The number of hydrogen-bond donors (Lipinski definition) is 1. The van der Waals surface area contributed by atoms with Gasteiger partial charge in [-0.15, -0.1) is 0 Å². The summed E-state index contributed by atoms with van der Waals surface area (Å²) in [5.74, 6) is -0.338. The molecule has 2 aromatic carbocycles. The molecule has 2 aromatic rings. The maximum atomic E-state index is 12.0. The summed E-state index contributed by atoms with van der Waals surface area (Å²) in [4.78, 5) is 23.4. The molecule has 0 saturated carbocycles. The second-order valence-electron chi connectivity index (χ2n) is 4.51. The van der Waals surface area contributed by atoms with Gasteiger partial charge in [-0.1, -0.05) is 24.8 Å². The summed E-state index contributed by atoms with van der Waals surface area (Å²) in [6.45, 7) is 5.08. The van der Waals surface area contributed by atoms with Crippen LogP contribution in [0.2, 0.25) is 0 Å². The molecule has 1 amide bonds. The molecule has 0 aliphatic heterocycles. The van der Waals surface area contributed by atoms with Crippen molar-refractivity contribution in [3.05, 3.63) is 72.3 Å². The highest BCUT2D eigenvalue weighted by atomic mass is 16.5. The van der Waals surface area contributed by atoms with E-state index < -0.39 is 5.97 Å². The lowest BCUT2D eigenvalue weighted by atomic mass is 10.2. The molecule has 21 heavy (non-hydrogen) atoms. The third-order valence-electron chi connectivity index (χ3n) is 2.71. The van der Waals surface area contributed by atoms with Gasteiger partial charge in [0.2, 0.25) is 0 Å². The van der Waals surface area contributed by atoms with Gasteiger partial charge < -0.3 is 10.1 Å². The minimum Gasteiger partial charge on any atom is -0.423 e. The summed E-state index contributed by atoms with van der Waals surface area (Å²) < 4.78 is 5.06. The van der Waals surface area contributed by atoms with Crippen molar-refractivity contribution in [1.82, 2.24) is 0 Å². The first-order valence-electron chi connectivity index (χ1n) is 6.40. The Hall–Kier alpha value is -2.88. The molecule has 0 spiro atoms. The van der Waals surface area contributed by atoms with Crippen LogP contribution in [0.25, 0.3) is 0 Å². The number of amides is 1. The average Bonchev–Trinajstić information content (AvgIpc) is 2.48. The van der Waals surface area contributed by atoms with Crippen molar-refractivity contribution < 1.29 is 14.3 Å². The van der Waals surface area contributed by atoms with Crippen molar-refractivity contribution in [2.24, 2.45) is 0 Å². The summed E-state index contributed by atoms with van der Waals surface area (Å²) in [5, 5.41) is 2.78. The van der Waals surface area contributed by atoms with Gasteiger partial charge in [0, 0.05) is 16.8 Å². The second kappa shape index (κ2) is 6.52. The number of nitrogens with one attached hydrogen (secondary N) is 1. The van der Waals surface area contributed by atoms with Gasteiger partial charge in [-0.05, 0) is 43.3 Å². The molecule has 0 atom stereocenters. The molecule has 0 aromatic heterocycles. The summed E-state index contributed by atoms with van der Waals surface area (Å²) in [6.07, 6.45) is 0. The van der Waals surface area contributed by atoms with Crippen LogP contribution in [0.3, 0.4) is 0 Å². The average molecular weight is 281 g/mol. The Kier molecular flexibility index (Phi) is 4.51. The molecule has 0 aliphatic rings. The van der Waals surface area contributed by atoms with E-state index in [1.807, 2.05) is 18.2 Å². The Morgan fingerprint density at radius 1 is 1.00 bits per heavy atom. The lowest BCUT2D eigenvalue weighted by Crippen LogP contribution is -2.12. The third-order valence-corrected chi connectivity index (χ3v) is 2.71. The lowest BCUT2D eigenvalue weighted by molar-refractivity contribution is -0.130. The fraction of sp³-hybridized carbons (Fsp3) is 0.0588. The van der Waals surface area contributed by atoms with Gasteiger partial charge in [-0.2, -0.15) is 0 Å². The smallest absolute Gasteiger partial charge is 0.338 e. The van der Waals surface area contributed by atoms with Crippen molar-refractivity contribution in [3.8, 4) is 5.75 Å². The first kappa shape index (κ1) is 14.5. The Labute approximate surface area is 123 Å². The maximum Gasteiger partial charge on any atom is 0.338 e. The predicted octanol–water partition coefficient (Wildman–Crippen LogP) is 3.42. The topological polar surface area (TPSA) is 55.4 Å². The van der Waals surface area contributed by atoms with E-state index in [-0.39, 0.29) is 5.91 Å². The maximum absolute atomic E-state index is 12.0. The van der Waals surface area contributed by atoms with E-state index in [0.717, 1.165) is 5.69 Å². The van der Waals surface area contributed by atoms with Gasteiger partial charge in [0.1, 0.15) is 5.75 Å². The largest absolute Gasteiger partial charge is 0.423 e.